The fourth-order valence-electron chi connectivity index (χ4n) is 1.69. The SMILES string of the molecule is COC(=O)[C@@H](CO)NC(=O)[C@H](CO)NC(=O)OCc1ccccc1. The van der Waals surface area contributed by atoms with Gasteiger partial charge in [0.2, 0.25) is 5.91 Å². The average molecular weight is 340 g/mol. The number of carbonyl (C=O) groups excluding carboxylic acids is 3. The van der Waals surface area contributed by atoms with Gasteiger partial charge in [0.15, 0.2) is 6.04 Å². The van der Waals surface area contributed by atoms with E-state index in [2.05, 4.69) is 15.4 Å². The van der Waals surface area contributed by atoms with Gasteiger partial charge < -0.3 is 30.3 Å². The minimum Gasteiger partial charge on any atom is -0.467 e. The first-order valence-corrected chi connectivity index (χ1v) is 7.09. The number of alkyl carbamates (subject to hydrolysis) is 1. The number of carbonyl (C=O) groups is 3. The zero-order valence-electron chi connectivity index (χ0n) is 13.1. The van der Waals surface area contributed by atoms with Crippen molar-refractivity contribution in [2.45, 2.75) is 18.7 Å². The van der Waals surface area contributed by atoms with E-state index in [0.717, 1.165) is 12.7 Å². The fourth-order valence-corrected chi connectivity index (χ4v) is 1.69. The summed E-state index contributed by atoms with van der Waals surface area (Å²) in [5, 5.41) is 22.6. The predicted molar refractivity (Wildman–Crippen MR) is 81.7 cm³/mol. The molecule has 0 aromatic heterocycles. The Labute approximate surface area is 138 Å². The summed E-state index contributed by atoms with van der Waals surface area (Å²) >= 11 is 0. The highest BCUT2D eigenvalue weighted by molar-refractivity contribution is 5.89. The third kappa shape index (κ3) is 6.23. The lowest BCUT2D eigenvalue weighted by molar-refractivity contribution is -0.146. The molecule has 0 saturated heterocycles. The molecule has 0 aliphatic rings. The number of rotatable bonds is 8. The van der Waals surface area contributed by atoms with Gasteiger partial charge in [0.25, 0.3) is 0 Å². The van der Waals surface area contributed by atoms with Crippen LogP contribution < -0.4 is 10.6 Å². The van der Waals surface area contributed by atoms with Gasteiger partial charge in [0.1, 0.15) is 12.6 Å². The third-order valence-corrected chi connectivity index (χ3v) is 2.99. The number of hydrogen-bond acceptors (Lipinski definition) is 7. The molecule has 1 aromatic rings. The van der Waals surface area contributed by atoms with Crippen molar-refractivity contribution < 1.29 is 34.1 Å². The molecule has 1 aromatic carbocycles. The first kappa shape index (κ1) is 19.4. The molecule has 4 N–H and O–H groups in total. The Balaban J connectivity index is 2.51. The van der Waals surface area contributed by atoms with Crippen molar-refractivity contribution >= 4 is 18.0 Å². The molecule has 9 heteroatoms. The van der Waals surface area contributed by atoms with Crippen LogP contribution in [0.3, 0.4) is 0 Å². The standard InChI is InChI=1S/C15H20N2O7/c1-23-14(21)12(8-19)16-13(20)11(7-18)17-15(22)24-9-10-5-3-2-4-6-10/h2-6,11-12,18-19H,7-9H2,1H3,(H,16,20)(H,17,22)/t11-,12+/m0/s1. The van der Waals surface area contributed by atoms with E-state index in [9.17, 15) is 19.5 Å². The molecule has 2 amide bonds. The second-order valence-corrected chi connectivity index (χ2v) is 4.71. The summed E-state index contributed by atoms with van der Waals surface area (Å²) in [4.78, 5) is 34.9. The van der Waals surface area contributed by atoms with Gasteiger partial charge in [-0.2, -0.15) is 0 Å². The average Bonchev–Trinajstić information content (AvgIpc) is 2.62. The van der Waals surface area contributed by atoms with Crippen LogP contribution >= 0.6 is 0 Å². The summed E-state index contributed by atoms with van der Waals surface area (Å²) in [5.74, 6) is -1.71. The summed E-state index contributed by atoms with van der Waals surface area (Å²) in [7, 11) is 1.10. The Morgan fingerprint density at radius 2 is 1.67 bits per heavy atom. The van der Waals surface area contributed by atoms with Gasteiger partial charge in [-0.1, -0.05) is 30.3 Å². The van der Waals surface area contributed by atoms with Crippen LogP contribution in [0.2, 0.25) is 0 Å². The van der Waals surface area contributed by atoms with E-state index in [1.165, 1.54) is 0 Å². The van der Waals surface area contributed by atoms with Crippen LogP contribution in [0.4, 0.5) is 4.79 Å². The number of methoxy groups -OCH3 is 1. The van der Waals surface area contributed by atoms with Gasteiger partial charge in [0, 0.05) is 0 Å². The zero-order valence-corrected chi connectivity index (χ0v) is 13.1. The molecule has 24 heavy (non-hydrogen) atoms. The smallest absolute Gasteiger partial charge is 0.408 e. The van der Waals surface area contributed by atoms with E-state index in [-0.39, 0.29) is 6.61 Å². The van der Waals surface area contributed by atoms with E-state index in [0.29, 0.717) is 0 Å². The summed E-state index contributed by atoms with van der Waals surface area (Å²) in [6.45, 7) is -1.41. The minimum absolute atomic E-state index is 0.00608. The highest BCUT2D eigenvalue weighted by Crippen LogP contribution is 2.01. The first-order chi connectivity index (χ1) is 11.5. The van der Waals surface area contributed by atoms with Gasteiger partial charge in [-0.05, 0) is 5.56 Å². The molecule has 1 rings (SSSR count). The lowest BCUT2D eigenvalue weighted by Crippen LogP contribution is -2.54. The summed E-state index contributed by atoms with van der Waals surface area (Å²) in [6.07, 6.45) is -0.910. The zero-order chi connectivity index (χ0) is 17.9. The van der Waals surface area contributed by atoms with Crippen molar-refractivity contribution in [2.24, 2.45) is 0 Å². The maximum absolute atomic E-state index is 11.9. The number of hydrogen-bond donors (Lipinski definition) is 4. The molecule has 0 radical (unpaired) electrons. The first-order valence-electron chi connectivity index (χ1n) is 7.09. The lowest BCUT2D eigenvalue weighted by Gasteiger charge is -2.19. The maximum atomic E-state index is 11.9. The molecule has 2 atom stereocenters. The summed E-state index contributed by atoms with van der Waals surface area (Å²) in [6, 6.07) is 6.25. The number of aliphatic hydroxyl groups is 2. The summed E-state index contributed by atoms with van der Waals surface area (Å²) in [5.41, 5.74) is 0.753. The van der Waals surface area contributed by atoms with Gasteiger partial charge in [-0.25, -0.2) is 9.59 Å². The van der Waals surface area contributed by atoms with E-state index in [4.69, 9.17) is 9.84 Å². The molecule has 0 aliphatic heterocycles. The Hall–Kier alpha value is -2.65. The van der Waals surface area contributed by atoms with E-state index < -0.39 is 43.3 Å². The second-order valence-electron chi connectivity index (χ2n) is 4.71. The normalized spacial score (nSPS) is 12.6. The predicted octanol–water partition coefficient (Wildman–Crippen LogP) is -1.08. The highest BCUT2D eigenvalue weighted by atomic mass is 16.5. The van der Waals surface area contributed by atoms with Gasteiger partial charge in [-0.3, -0.25) is 4.79 Å². The van der Waals surface area contributed by atoms with Gasteiger partial charge in [0.05, 0.1) is 20.3 Å². The molecule has 0 saturated carbocycles. The molecule has 0 spiro atoms. The van der Waals surface area contributed by atoms with Gasteiger partial charge >= 0.3 is 12.1 Å². The number of ether oxygens (including phenoxy) is 2. The Bertz CT molecular complexity index is 550. The van der Waals surface area contributed by atoms with Crippen LogP contribution in [0.1, 0.15) is 5.56 Å². The maximum Gasteiger partial charge on any atom is 0.408 e. The van der Waals surface area contributed by atoms with Crippen LogP contribution in [-0.4, -0.2) is 60.6 Å². The molecule has 0 fully saturated rings. The van der Waals surface area contributed by atoms with Crippen LogP contribution in [0, 0.1) is 0 Å². The Kier molecular flexibility index (Phi) is 8.23. The molecule has 132 valence electrons. The Morgan fingerprint density at radius 3 is 2.21 bits per heavy atom. The van der Waals surface area contributed by atoms with E-state index >= 15 is 0 Å². The number of amides is 2. The van der Waals surface area contributed by atoms with Crippen molar-refractivity contribution in [3.05, 3.63) is 35.9 Å². The van der Waals surface area contributed by atoms with Crippen molar-refractivity contribution in [1.82, 2.24) is 10.6 Å². The molecule has 0 bridgehead atoms. The van der Waals surface area contributed by atoms with Crippen LogP contribution in [0.15, 0.2) is 30.3 Å². The van der Waals surface area contributed by atoms with Crippen molar-refractivity contribution in [3.8, 4) is 0 Å². The van der Waals surface area contributed by atoms with Crippen LogP contribution in [0.25, 0.3) is 0 Å². The summed E-state index contributed by atoms with van der Waals surface area (Å²) < 4.78 is 9.33. The van der Waals surface area contributed by atoms with Crippen molar-refractivity contribution in [3.63, 3.8) is 0 Å². The monoisotopic (exact) mass is 340 g/mol. The van der Waals surface area contributed by atoms with Crippen molar-refractivity contribution in [1.29, 1.82) is 0 Å². The van der Waals surface area contributed by atoms with E-state index in [1.54, 1.807) is 24.3 Å². The molecule has 0 unspecified atom stereocenters. The minimum atomic E-state index is -1.34. The van der Waals surface area contributed by atoms with E-state index in [1.807, 2.05) is 6.07 Å². The fraction of sp³-hybridized carbons (Fsp3) is 0.400. The molecule has 0 heterocycles. The number of aliphatic hydroxyl groups excluding tert-OH is 2. The lowest BCUT2D eigenvalue weighted by atomic mass is 10.2. The largest absolute Gasteiger partial charge is 0.467 e. The van der Waals surface area contributed by atoms with Crippen LogP contribution in [-0.2, 0) is 25.7 Å². The molecular formula is C15H20N2O7. The highest BCUT2D eigenvalue weighted by Gasteiger charge is 2.26. The van der Waals surface area contributed by atoms with Gasteiger partial charge in [-0.15, -0.1) is 0 Å². The molecule has 0 aliphatic carbocycles. The topological polar surface area (TPSA) is 134 Å². The quantitative estimate of drug-likeness (QED) is 0.442. The third-order valence-electron chi connectivity index (χ3n) is 2.99. The number of benzene rings is 1. The number of nitrogens with one attached hydrogen (secondary N) is 2. The Morgan fingerprint density at radius 1 is 1.04 bits per heavy atom. The molecule has 9 nitrogen and oxygen atoms in total. The molecular weight excluding hydrogens is 320 g/mol. The van der Waals surface area contributed by atoms with Crippen LogP contribution in [0.5, 0.6) is 0 Å². The number of esters is 1. The second kappa shape index (κ2) is 10.2. The van der Waals surface area contributed by atoms with Crippen molar-refractivity contribution in [2.75, 3.05) is 20.3 Å².